The predicted octanol–water partition coefficient (Wildman–Crippen LogP) is 3.46. The van der Waals surface area contributed by atoms with Gasteiger partial charge < -0.3 is 4.90 Å². The molecule has 0 saturated carbocycles. The van der Waals surface area contributed by atoms with Crippen molar-refractivity contribution in [3.05, 3.63) is 0 Å². The second-order valence-corrected chi connectivity index (χ2v) is 5.35. The van der Waals surface area contributed by atoms with Crippen molar-refractivity contribution >= 4 is 5.91 Å². The highest BCUT2D eigenvalue weighted by atomic mass is 16.2. The maximum atomic E-state index is 12.0. The Bertz CT molecular complexity index is 215. The average molecular weight is 225 g/mol. The molecule has 1 heterocycles. The molecule has 1 amide bonds. The summed E-state index contributed by atoms with van der Waals surface area (Å²) in [6, 6.07) is 0. The summed E-state index contributed by atoms with van der Waals surface area (Å²) >= 11 is 0. The molecule has 2 atom stereocenters. The van der Waals surface area contributed by atoms with Crippen LogP contribution in [0.2, 0.25) is 0 Å². The maximum Gasteiger partial charge on any atom is 0.222 e. The van der Waals surface area contributed by atoms with Gasteiger partial charge in [0.05, 0.1) is 0 Å². The summed E-state index contributed by atoms with van der Waals surface area (Å²) < 4.78 is 0. The van der Waals surface area contributed by atoms with Crippen LogP contribution >= 0.6 is 0 Å². The van der Waals surface area contributed by atoms with Crippen molar-refractivity contribution in [3.63, 3.8) is 0 Å². The summed E-state index contributed by atoms with van der Waals surface area (Å²) in [6.07, 6.45) is 6.85. The molecule has 0 aliphatic carbocycles. The molecule has 0 radical (unpaired) electrons. The van der Waals surface area contributed by atoms with E-state index in [0.29, 0.717) is 17.7 Å². The molecule has 94 valence electrons. The van der Waals surface area contributed by atoms with Crippen molar-refractivity contribution < 1.29 is 4.79 Å². The standard InChI is InChI=1S/C14H27NO/c1-4-6-7-13(5-2)10-14(16)15-9-8-12(3)11-15/h12-13H,4-11H2,1-3H3. The summed E-state index contributed by atoms with van der Waals surface area (Å²) in [4.78, 5) is 14.1. The van der Waals surface area contributed by atoms with Gasteiger partial charge in [-0.3, -0.25) is 4.79 Å². The van der Waals surface area contributed by atoms with Gasteiger partial charge in [-0.05, 0) is 24.7 Å². The molecule has 0 spiro atoms. The minimum Gasteiger partial charge on any atom is -0.342 e. The topological polar surface area (TPSA) is 20.3 Å². The van der Waals surface area contributed by atoms with E-state index < -0.39 is 0 Å². The van der Waals surface area contributed by atoms with E-state index in [1.165, 1.54) is 25.7 Å². The summed E-state index contributed by atoms with van der Waals surface area (Å²) in [6.45, 7) is 8.64. The van der Waals surface area contributed by atoms with Gasteiger partial charge in [-0.2, -0.15) is 0 Å². The Kier molecular flexibility index (Phi) is 5.86. The van der Waals surface area contributed by atoms with E-state index in [9.17, 15) is 4.79 Å². The van der Waals surface area contributed by atoms with Crippen molar-refractivity contribution in [2.24, 2.45) is 11.8 Å². The molecule has 2 nitrogen and oxygen atoms in total. The first-order valence-electron chi connectivity index (χ1n) is 6.95. The van der Waals surface area contributed by atoms with Crippen LogP contribution in [0.1, 0.15) is 59.3 Å². The van der Waals surface area contributed by atoms with Crippen LogP contribution < -0.4 is 0 Å². The number of rotatable bonds is 6. The lowest BCUT2D eigenvalue weighted by Gasteiger charge is -2.20. The summed E-state index contributed by atoms with van der Waals surface area (Å²) in [5.41, 5.74) is 0. The molecule has 16 heavy (non-hydrogen) atoms. The highest BCUT2D eigenvalue weighted by molar-refractivity contribution is 5.76. The third-order valence-electron chi connectivity index (χ3n) is 3.78. The zero-order valence-electron chi connectivity index (χ0n) is 11.2. The van der Waals surface area contributed by atoms with E-state index in [4.69, 9.17) is 0 Å². The number of hydrogen-bond acceptors (Lipinski definition) is 1. The second kappa shape index (κ2) is 6.93. The number of nitrogens with zero attached hydrogens (tertiary/aromatic N) is 1. The van der Waals surface area contributed by atoms with Crippen LogP contribution in [0, 0.1) is 11.8 Å². The average Bonchev–Trinajstić information content (AvgIpc) is 2.70. The van der Waals surface area contributed by atoms with Crippen LogP contribution in [-0.2, 0) is 4.79 Å². The Hall–Kier alpha value is -0.530. The number of carbonyl (C=O) groups excluding carboxylic acids is 1. The first-order valence-corrected chi connectivity index (χ1v) is 6.95. The minimum atomic E-state index is 0.396. The van der Waals surface area contributed by atoms with Gasteiger partial charge in [0.1, 0.15) is 0 Å². The summed E-state index contributed by atoms with van der Waals surface area (Å²) in [7, 11) is 0. The van der Waals surface area contributed by atoms with Gasteiger partial charge in [0.25, 0.3) is 0 Å². The van der Waals surface area contributed by atoms with Crippen LogP contribution in [0.5, 0.6) is 0 Å². The fraction of sp³-hybridized carbons (Fsp3) is 0.929. The van der Waals surface area contributed by atoms with E-state index >= 15 is 0 Å². The molecule has 1 saturated heterocycles. The van der Waals surface area contributed by atoms with Crippen LogP contribution in [0.4, 0.5) is 0 Å². The SMILES string of the molecule is CCCCC(CC)CC(=O)N1CCC(C)C1. The molecule has 1 aliphatic heterocycles. The van der Waals surface area contributed by atoms with E-state index in [2.05, 4.69) is 25.7 Å². The van der Waals surface area contributed by atoms with Gasteiger partial charge in [0.2, 0.25) is 5.91 Å². The number of hydrogen-bond donors (Lipinski definition) is 0. The van der Waals surface area contributed by atoms with Gasteiger partial charge in [-0.1, -0.05) is 40.0 Å². The third-order valence-corrected chi connectivity index (χ3v) is 3.78. The summed E-state index contributed by atoms with van der Waals surface area (Å²) in [5, 5.41) is 0. The largest absolute Gasteiger partial charge is 0.342 e. The summed E-state index contributed by atoms with van der Waals surface area (Å²) in [5.74, 6) is 1.72. The molecule has 0 aromatic carbocycles. The Morgan fingerprint density at radius 2 is 2.19 bits per heavy atom. The molecule has 1 aliphatic rings. The first kappa shape index (κ1) is 13.5. The first-order chi connectivity index (χ1) is 7.67. The fourth-order valence-corrected chi connectivity index (χ4v) is 2.48. The number of carbonyl (C=O) groups is 1. The number of unbranched alkanes of at least 4 members (excludes halogenated alkanes) is 1. The normalized spacial score (nSPS) is 22.4. The van der Waals surface area contributed by atoms with Crippen LogP contribution in [-0.4, -0.2) is 23.9 Å². The van der Waals surface area contributed by atoms with Gasteiger partial charge in [-0.25, -0.2) is 0 Å². The smallest absolute Gasteiger partial charge is 0.222 e. The van der Waals surface area contributed by atoms with Gasteiger partial charge >= 0.3 is 0 Å². The molecule has 2 unspecified atom stereocenters. The molecular weight excluding hydrogens is 198 g/mol. The molecular formula is C14H27NO. The van der Waals surface area contributed by atoms with Crippen molar-refractivity contribution in [2.45, 2.75) is 59.3 Å². The Labute approximate surface area is 100 Å². The van der Waals surface area contributed by atoms with Crippen molar-refractivity contribution in [3.8, 4) is 0 Å². The molecule has 1 fully saturated rings. The lowest BCUT2D eigenvalue weighted by Crippen LogP contribution is -2.30. The highest BCUT2D eigenvalue weighted by Gasteiger charge is 2.24. The van der Waals surface area contributed by atoms with E-state index in [1.807, 2.05) is 0 Å². The molecule has 0 N–H and O–H groups in total. The maximum absolute atomic E-state index is 12.0. The Morgan fingerprint density at radius 3 is 2.69 bits per heavy atom. The van der Waals surface area contributed by atoms with Crippen molar-refractivity contribution in [2.75, 3.05) is 13.1 Å². The molecule has 2 heteroatoms. The lowest BCUT2D eigenvalue weighted by atomic mass is 9.95. The fourth-order valence-electron chi connectivity index (χ4n) is 2.48. The monoisotopic (exact) mass is 225 g/mol. The molecule has 0 aromatic rings. The lowest BCUT2D eigenvalue weighted by molar-refractivity contribution is -0.131. The zero-order valence-corrected chi connectivity index (χ0v) is 11.2. The zero-order chi connectivity index (χ0) is 12.0. The van der Waals surface area contributed by atoms with Crippen LogP contribution in [0.15, 0.2) is 0 Å². The van der Waals surface area contributed by atoms with Crippen LogP contribution in [0.3, 0.4) is 0 Å². The third kappa shape index (κ3) is 4.15. The molecule has 0 aromatic heterocycles. The second-order valence-electron chi connectivity index (χ2n) is 5.35. The van der Waals surface area contributed by atoms with Gasteiger partial charge in [-0.15, -0.1) is 0 Å². The van der Waals surface area contributed by atoms with E-state index in [-0.39, 0.29) is 0 Å². The number of amides is 1. The quantitative estimate of drug-likeness (QED) is 0.678. The van der Waals surface area contributed by atoms with E-state index in [0.717, 1.165) is 25.9 Å². The molecule has 1 rings (SSSR count). The Morgan fingerprint density at radius 1 is 1.44 bits per heavy atom. The molecule has 0 bridgehead atoms. The van der Waals surface area contributed by atoms with Crippen molar-refractivity contribution in [1.29, 1.82) is 0 Å². The number of likely N-dealkylation sites (tertiary alicyclic amines) is 1. The van der Waals surface area contributed by atoms with Crippen LogP contribution in [0.25, 0.3) is 0 Å². The highest BCUT2D eigenvalue weighted by Crippen LogP contribution is 2.21. The van der Waals surface area contributed by atoms with E-state index in [1.54, 1.807) is 0 Å². The van der Waals surface area contributed by atoms with Crippen molar-refractivity contribution in [1.82, 2.24) is 4.90 Å². The van der Waals surface area contributed by atoms with Gasteiger partial charge in [0, 0.05) is 19.5 Å². The predicted molar refractivity (Wildman–Crippen MR) is 68.3 cm³/mol. The Balaban J connectivity index is 2.30. The minimum absolute atomic E-state index is 0.396. The van der Waals surface area contributed by atoms with Gasteiger partial charge in [0.15, 0.2) is 0 Å².